The van der Waals surface area contributed by atoms with Gasteiger partial charge in [-0.2, -0.15) is 0 Å². The van der Waals surface area contributed by atoms with Gasteiger partial charge in [-0.25, -0.2) is 0 Å². The summed E-state index contributed by atoms with van der Waals surface area (Å²) in [5.74, 6) is 0.162. The predicted octanol–water partition coefficient (Wildman–Crippen LogP) is 5.65. The van der Waals surface area contributed by atoms with E-state index in [4.69, 9.17) is 0 Å². The molecular weight excluding hydrogens is 490 g/mol. The Morgan fingerprint density at radius 3 is 2.41 bits per heavy atom. The average molecular weight is 536 g/mol. The Labute approximate surface area is 233 Å². The van der Waals surface area contributed by atoms with E-state index in [2.05, 4.69) is 27.2 Å². The van der Waals surface area contributed by atoms with Crippen LogP contribution in [0.2, 0.25) is 0 Å². The lowest BCUT2D eigenvalue weighted by Gasteiger charge is -2.27. The molecule has 8 heteroatoms. The van der Waals surface area contributed by atoms with E-state index in [0.717, 1.165) is 35.4 Å². The number of carbonyl (C=O) groups excluding carboxylic acids is 2. The first-order chi connectivity index (χ1) is 18.6. The number of pyridine rings is 2. The van der Waals surface area contributed by atoms with E-state index in [9.17, 15) is 14.4 Å². The molecule has 1 aliphatic carbocycles. The minimum absolute atomic E-state index is 0.130. The van der Waals surface area contributed by atoms with Crippen molar-refractivity contribution in [3.8, 4) is 0 Å². The van der Waals surface area contributed by atoms with Crippen LogP contribution in [0.5, 0.6) is 0 Å². The molecule has 2 aromatic heterocycles. The molecule has 1 aliphatic heterocycles. The second kappa shape index (κ2) is 15.6. The van der Waals surface area contributed by atoms with Gasteiger partial charge in [-0.15, -0.1) is 0 Å². The average Bonchev–Trinajstić information content (AvgIpc) is 3.75. The maximum atomic E-state index is 12.6. The molecule has 0 aromatic carbocycles. The van der Waals surface area contributed by atoms with Crippen molar-refractivity contribution in [2.45, 2.75) is 87.2 Å². The number of hydrogen-bond donors (Lipinski definition) is 2. The molecule has 4 rings (SSSR count). The van der Waals surface area contributed by atoms with Crippen LogP contribution in [0.3, 0.4) is 0 Å². The molecule has 0 saturated heterocycles. The smallest absolute Gasteiger partial charge is 0.270 e. The highest BCUT2D eigenvalue weighted by Crippen LogP contribution is 2.30. The number of allylic oxidation sites excluding steroid dienone is 2. The van der Waals surface area contributed by atoms with E-state index >= 15 is 0 Å². The van der Waals surface area contributed by atoms with E-state index in [1.54, 1.807) is 30.0 Å². The van der Waals surface area contributed by atoms with Crippen LogP contribution in [0.1, 0.15) is 95.4 Å². The third-order valence-corrected chi connectivity index (χ3v) is 6.07. The van der Waals surface area contributed by atoms with Crippen LogP contribution in [0.25, 0.3) is 0 Å². The molecule has 0 radical (unpaired) electrons. The zero-order valence-electron chi connectivity index (χ0n) is 25.0. The van der Waals surface area contributed by atoms with Crippen LogP contribution in [0.4, 0.5) is 0 Å². The van der Waals surface area contributed by atoms with Gasteiger partial charge in [-0.05, 0) is 70.7 Å². The molecule has 1 unspecified atom stereocenters. The number of aliphatic imine (C=N–C) groups is 1. The van der Waals surface area contributed by atoms with Crippen LogP contribution >= 0.6 is 0 Å². The van der Waals surface area contributed by atoms with Crippen molar-refractivity contribution in [1.29, 1.82) is 0 Å². The van der Waals surface area contributed by atoms with Crippen LogP contribution in [0.15, 0.2) is 64.9 Å². The lowest BCUT2D eigenvalue weighted by atomic mass is 10.0. The molecular formula is C31H45N5O3. The van der Waals surface area contributed by atoms with Crippen LogP contribution in [-0.4, -0.2) is 27.1 Å². The molecule has 2 N–H and O–H groups in total. The number of aryl methyl sites for hydroxylation is 2. The highest BCUT2D eigenvalue weighted by molar-refractivity contribution is 5.97. The van der Waals surface area contributed by atoms with E-state index in [-0.39, 0.29) is 23.3 Å². The van der Waals surface area contributed by atoms with Gasteiger partial charge in [0, 0.05) is 47.0 Å². The molecule has 2 amide bonds. The summed E-state index contributed by atoms with van der Waals surface area (Å²) in [4.78, 5) is 44.4. The Bertz CT molecular complexity index is 1260. The minimum atomic E-state index is -0.895. The molecule has 8 nitrogen and oxygen atoms in total. The van der Waals surface area contributed by atoms with Crippen LogP contribution in [0, 0.1) is 12.8 Å². The molecule has 0 bridgehead atoms. The zero-order valence-corrected chi connectivity index (χ0v) is 25.0. The lowest BCUT2D eigenvalue weighted by molar-refractivity contribution is -0.121. The van der Waals surface area contributed by atoms with E-state index in [1.807, 2.05) is 73.6 Å². The Morgan fingerprint density at radius 1 is 1.26 bits per heavy atom. The van der Waals surface area contributed by atoms with Gasteiger partial charge in [-0.1, -0.05) is 47.3 Å². The number of amides is 2. The van der Waals surface area contributed by atoms with Crippen molar-refractivity contribution in [3.05, 3.63) is 87.9 Å². The first kappa shape index (κ1) is 33.2. The van der Waals surface area contributed by atoms with Gasteiger partial charge < -0.3 is 10.6 Å². The summed E-state index contributed by atoms with van der Waals surface area (Å²) < 4.78 is 1.57. The summed E-state index contributed by atoms with van der Waals surface area (Å²) in [6.45, 7) is 20.8. The van der Waals surface area contributed by atoms with E-state index < -0.39 is 5.66 Å². The van der Waals surface area contributed by atoms with Crippen molar-refractivity contribution in [2.24, 2.45) is 10.9 Å². The normalized spacial score (nSPS) is 17.6. The molecule has 1 fully saturated rings. The molecule has 39 heavy (non-hydrogen) atoms. The molecule has 0 spiro atoms. The van der Waals surface area contributed by atoms with Crippen LogP contribution in [-0.2, 0) is 16.9 Å². The number of fused-ring (bicyclic) bond motifs is 1. The van der Waals surface area contributed by atoms with Gasteiger partial charge in [0.2, 0.25) is 5.91 Å². The van der Waals surface area contributed by atoms with Crippen molar-refractivity contribution < 1.29 is 9.59 Å². The molecule has 3 heterocycles. The summed E-state index contributed by atoms with van der Waals surface area (Å²) >= 11 is 0. The van der Waals surface area contributed by atoms with Crippen LogP contribution < -0.4 is 16.2 Å². The Balaban J connectivity index is 0.000000369. The Morgan fingerprint density at radius 2 is 1.90 bits per heavy atom. The fourth-order valence-electron chi connectivity index (χ4n) is 4.12. The van der Waals surface area contributed by atoms with E-state index in [1.165, 1.54) is 6.20 Å². The maximum absolute atomic E-state index is 12.6. The highest BCUT2D eigenvalue weighted by Gasteiger charge is 2.42. The van der Waals surface area contributed by atoms with Gasteiger partial charge in [0.15, 0.2) is 0 Å². The molecule has 2 aromatic rings. The van der Waals surface area contributed by atoms with Crippen molar-refractivity contribution >= 4 is 17.5 Å². The largest absolute Gasteiger partial charge is 0.330 e. The number of hydrogen-bond acceptors (Lipinski definition) is 5. The Kier molecular flexibility index (Phi) is 13.3. The molecule has 1 atom stereocenters. The molecule has 2 aliphatic rings. The summed E-state index contributed by atoms with van der Waals surface area (Å²) in [7, 11) is 0. The first-order valence-corrected chi connectivity index (χ1v) is 13.8. The van der Waals surface area contributed by atoms with Gasteiger partial charge in [0.25, 0.3) is 11.5 Å². The van der Waals surface area contributed by atoms with Gasteiger partial charge >= 0.3 is 0 Å². The highest BCUT2D eigenvalue weighted by atomic mass is 16.2. The number of nitrogens with zero attached hydrogens (tertiary/aromatic N) is 3. The third kappa shape index (κ3) is 8.34. The summed E-state index contributed by atoms with van der Waals surface area (Å²) in [6, 6.07) is 5.47. The second-order valence-electron chi connectivity index (χ2n) is 9.01. The Hall–Kier alpha value is -3.81. The quantitative estimate of drug-likeness (QED) is 0.466. The lowest BCUT2D eigenvalue weighted by Crippen LogP contribution is -2.46. The minimum Gasteiger partial charge on any atom is -0.330 e. The number of nitrogens with one attached hydrogen (secondary N) is 2. The fraction of sp³-hybridized carbons (Fsp3) is 0.452. The first-order valence-electron chi connectivity index (χ1n) is 13.8. The topological polar surface area (TPSA) is 105 Å². The fourth-order valence-corrected chi connectivity index (χ4v) is 4.12. The molecule has 1 saturated carbocycles. The summed E-state index contributed by atoms with van der Waals surface area (Å²) in [6.07, 6.45) is 9.42. The number of aromatic nitrogens is 2. The zero-order chi connectivity index (χ0) is 29.8. The monoisotopic (exact) mass is 535 g/mol. The van der Waals surface area contributed by atoms with Crippen molar-refractivity contribution in [2.75, 3.05) is 0 Å². The van der Waals surface area contributed by atoms with Crippen molar-refractivity contribution in [1.82, 2.24) is 20.2 Å². The third-order valence-electron chi connectivity index (χ3n) is 6.07. The van der Waals surface area contributed by atoms with Gasteiger partial charge in [0.1, 0.15) is 11.4 Å². The van der Waals surface area contributed by atoms with Crippen molar-refractivity contribution in [3.63, 3.8) is 0 Å². The standard InChI is InChI=1S/C16H17N3O2.C11H16N2O.2C2H6/c1-4-11-8-10(2)15(21)19-13(11)14(20)18-16(19,3)12-6-5-7-17-9-12;1-4-12-8(2)7-9(3)13-11(14)10-5-6-10;2*1-2/h5-9H,4H2,1-3H3,(H,18,20);4,7,10H,1,5-6H2,2-3H3,(H,13,14);2*1-2H3/b;9-7+,12-8?;;. The second-order valence-corrected chi connectivity index (χ2v) is 9.01. The number of rotatable bonds is 6. The maximum Gasteiger partial charge on any atom is 0.270 e. The summed E-state index contributed by atoms with van der Waals surface area (Å²) in [5, 5.41) is 5.78. The van der Waals surface area contributed by atoms with Gasteiger partial charge in [-0.3, -0.25) is 28.9 Å². The predicted molar refractivity (Wildman–Crippen MR) is 160 cm³/mol. The molecule has 212 valence electrons. The number of carbonyl (C=O) groups is 2. The summed E-state index contributed by atoms with van der Waals surface area (Å²) in [5.41, 5.74) is 3.41. The van der Waals surface area contributed by atoms with E-state index in [0.29, 0.717) is 17.7 Å². The van der Waals surface area contributed by atoms with Gasteiger partial charge in [0.05, 0.1) is 0 Å². The SMILES string of the molecule is C=CN=C(C)/C=C(\C)NC(=O)C1CC1.CC.CC.CCc1cc(C)c(=O)n2c1C(=O)NC2(C)c1cccnc1.